The molecule has 118 valence electrons. The Bertz CT molecular complexity index is 749. The largest absolute Gasteiger partial charge is 0.351 e. The van der Waals surface area contributed by atoms with Crippen LogP contribution in [0.5, 0.6) is 0 Å². The summed E-state index contributed by atoms with van der Waals surface area (Å²) in [5, 5.41) is -0.177. The average Bonchev–Trinajstić information content (AvgIpc) is 3.07. The van der Waals surface area contributed by atoms with Crippen LogP contribution in [0.25, 0.3) is 6.08 Å². The molecule has 2 aromatic rings. The van der Waals surface area contributed by atoms with E-state index in [1.165, 1.54) is 10.5 Å². The molecule has 1 saturated heterocycles. The molecule has 4 nitrogen and oxygen atoms in total. The van der Waals surface area contributed by atoms with Crippen molar-refractivity contribution in [2.24, 2.45) is 7.05 Å². The highest BCUT2D eigenvalue weighted by atomic mass is 32.2. The number of benzene rings is 1. The molecule has 0 bridgehead atoms. The van der Waals surface area contributed by atoms with Gasteiger partial charge in [0.25, 0.3) is 11.1 Å². The number of thioether (sulfide) groups is 1. The van der Waals surface area contributed by atoms with Gasteiger partial charge in [0.1, 0.15) is 0 Å². The number of nitrogens with zero attached hydrogens (tertiary/aromatic N) is 2. The van der Waals surface area contributed by atoms with E-state index in [4.69, 9.17) is 0 Å². The van der Waals surface area contributed by atoms with E-state index in [0.717, 1.165) is 30.3 Å². The van der Waals surface area contributed by atoms with Crippen molar-refractivity contribution < 1.29 is 9.59 Å². The third kappa shape index (κ3) is 3.56. The van der Waals surface area contributed by atoms with Gasteiger partial charge in [-0.25, -0.2) is 0 Å². The average molecular weight is 326 g/mol. The fraction of sp³-hybridized carbons (Fsp3) is 0.222. The molecule has 0 N–H and O–H groups in total. The Labute approximate surface area is 139 Å². The molecular formula is C18H18N2O2S. The first-order chi connectivity index (χ1) is 11.1. The van der Waals surface area contributed by atoms with Gasteiger partial charge in [-0.1, -0.05) is 30.3 Å². The van der Waals surface area contributed by atoms with Crippen molar-refractivity contribution >= 4 is 29.0 Å². The molecule has 0 saturated carbocycles. The molecule has 3 rings (SSSR count). The van der Waals surface area contributed by atoms with Crippen LogP contribution in [0.2, 0.25) is 0 Å². The number of imide groups is 1. The number of carbonyl (C=O) groups is 2. The molecule has 1 fully saturated rings. The minimum atomic E-state index is -0.186. The van der Waals surface area contributed by atoms with Crippen molar-refractivity contribution in [2.45, 2.75) is 12.8 Å². The minimum absolute atomic E-state index is 0.177. The SMILES string of the molecule is Cn1cccc1/C=C1/SC(=O)N(CCCc2ccccc2)C1=O. The number of amides is 2. The molecule has 1 aromatic heterocycles. The minimum Gasteiger partial charge on any atom is -0.351 e. The van der Waals surface area contributed by atoms with E-state index in [1.54, 1.807) is 6.08 Å². The zero-order chi connectivity index (χ0) is 16.2. The Hall–Kier alpha value is -2.27. The van der Waals surface area contributed by atoms with Crippen molar-refractivity contribution in [2.75, 3.05) is 6.54 Å². The van der Waals surface area contributed by atoms with E-state index in [2.05, 4.69) is 12.1 Å². The molecule has 2 heterocycles. The van der Waals surface area contributed by atoms with E-state index in [9.17, 15) is 9.59 Å². The molecule has 0 atom stereocenters. The maximum atomic E-state index is 12.4. The normalized spacial score (nSPS) is 16.6. The molecule has 1 aromatic carbocycles. The van der Waals surface area contributed by atoms with Gasteiger partial charge in [-0.05, 0) is 48.4 Å². The zero-order valence-electron chi connectivity index (χ0n) is 12.9. The highest BCUT2D eigenvalue weighted by Crippen LogP contribution is 2.32. The van der Waals surface area contributed by atoms with Gasteiger partial charge in [-0.15, -0.1) is 0 Å². The zero-order valence-corrected chi connectivity index (χ0v) is 13.8. The summed E-state index contributed by atoms with van der Waals surface area (Å²) in [5.74, 6) is -0.186. The molecule has 0 unspecified atom stereocenters. The fourth-order valence-corrected chi connectivity index (χ4v) is 3.39. The second kappa shape index (κ2) is 6.87. The Morgan fingerprint density at radius 2 is 1.87 bits per heavy atom. The summed E-state index contributed by atoms with van der Waals surface area (Å²) in [6.07, 6.45) is 5.33. The summed E-state index contributed by atoms with van der Waals surface area (Å²) >= 11 is 1.02. The standard InChI is InChI=1S/C18H18N2O2S/c1-19-11-6-10-15(19)13-16-17(21)20(18(22)23-16)12-5-9-14-7-3-2-4-8-14/h2-4,6-8,10-11,13H,5,9,12H2,1H3/b16-13+. The van der Waals surface area contributed by atoms with E-state index < -0.39 is 0 Å². The molecule has 1 aliphatic heterocycles. The monoisotopic (exact) mass is 326 g/mol. The van der Waals surface area contributed by atoms with Crippen LogP contribution in [-0.2, 0) is 18.3 Å². The first kappa shape index (κ1) is 15.6. The lowest BCUT2D eigenvalue weighted by Crippen LogP contribution is -2.29. The summed E-state index contributed by atoms with van der Waals surface area (Å²) in [6, 6.07) is 13.9. The van der Waals surface area contributed by atoms with Crippen LogP contribution in [0.15, 0.2) is 53.6 Å². The molecule has 0 aliphatic carbocycles. The first-order valence-corrected chi connectivity index (χ1v) is 8.37. The van der Waals surface area contributed by atoms with Gasteiger partial charge in [0.2, 0.25) is 0 Å². The lowest BCUT2D eigenvalue weighted by atomic mass is 10.1. The van der Waals surface area contributed by atoms with Crippen LogP contribution in [0.1, 0.15) is 17.7 Å². The molecule has 5 heteroatoms. The van der Waals surface area contributed by atoms with Gasteiger partial charge in [0.05, 0.1) is 4.91 Å². The van der Waals surface area contributed by atoms with Crippen LogP contribution in [0.3, 0.4) is 0 Å². The number of hydrogen-bond acceptors (Lipinski definition) is 3. The van der Waals surface area contributed by atoms with Crippen LogP contribution in [-0.4, -0.2) is 27.2 Å². The predicted molar refractivity (Wildman–Crippen MR) is 92.9 cm³/mol. The van der Waals surface area contributed by atoms with Gasteiger partial charge >= 0.3 is 0 Å². The third-order valence-electron chi connectivity index (χ3n) is 3.83. The summed E-state index contributed by atoms with van der Waals surface area (Å²) in [4.78, 5) is 26.3. The Balaban J connectivity index is 1.63. The van der Waals surface area contributed by atoms with Crippen molar-refractivity contribution in [3.63, 3.8) is 0 Å². The summed E-state index contributed by atoms with van der Waals surface area (Å²) in [7, 11) is 1.91. The molecular weight excluding hydrogens is 308 g/mol. The topological polar surface area (TPSA) is 42.3 Å². The quantitative estimate of drug-likeness (QED) is 0.787. The highest BCUT2D eigenvalue weighted by molar-refractivity contribution is 8.18. The Kier molecular flexibility index (Phi) is 4.67. The number of aromatic nitrogens is 1. The van der Waals surface area contributed by atoms with E-state index >= 15 is 0 Å². The Morgan fingerprint density at radius 1 is 1.09 bits per heavy atom. The van der Waals surface area contributed by atoms with Crippen LogP contribution >= 0.6 is 11.8 Å². The number of aryl methyl sites for hydroxylation is 2. The van der Waals surface area contributed by atoms with Gasteiger partial charge in [0.15, 0.2) is 0 Å². The number of hydrogen-bond donors (Lipinski definition) is 0. The number of rotatable bonds is 5. The van der Waals surface area contributed by atoms with E-state index in [-0.39, 0.29) is 11.1 Å². The lowest BCUT2D eigenvalue weighted by molar-refractivity contribution is -0.122. The van der Waals surface area contributed by atoms with Crippen molar-refractivity contribution in [1.82, 2.24) is 9.47 Å². The third-order valence-corrected chi connectivity index (χ3v) is 4.73. The molecule has 0 radical (unpaired) electrons. The maximum Gasteiger partial charge on any atom is 0.293 e. The fourth-order valence-electron chi connectivity index (χ4n) is 2.54. The van der Waals surface area contributed by atoms with Crippen LogP contribution in [0, 0.1) is 0 Å². The second-order valence-corrected chi connectivity index (χ2v) is 6.46. The summed E-state index contributed by atoms with van der Waals surface area (Å²) < 4.78 is 1.92. The van der Waals surface area contributed by atoms with Crippen molar-refractivity contribution in [1.29, 1.82) is 0 Å². The van der Waals surface area contributed by atoms with Crippen molar-refractivity contribution in [3.05, 3.63) is 64.8 Å². The first-order valence-electron chi connectivity index (χ1n) is 7.56. The lowest BCUT2D eigenvalue weighted by Gasteiger charge is -2.12. The summed E-state index contributed by atoms with van der Waals surface area (Å²) in [5.41, 5.74) is 2.14. The van der Waals surface area contributed by atoms with Gasteiger partial charge in [0, 0.05) is 25.5 Å². The Morgan fingerprint density at radius 3 is 2.57 bits per heavy atom. The van der Waals surface area contributed by atoms with Crippen LogP contribution in [0.4, 0.5) is 4.79 Å². The van der Waals surface area contributed by atoms with E-state index in [0.29, 0.717) is 11.4 Å². The van der Waals surface area contributed by atoms with E-state index in [1.807, 2.05) is 48.1 Å². The van der Waals surface area contributed by atoms with Gasteiger partial charge in [-0.2, -0.15) is 0 Å². The van der Waals surface area contributed by atoms with Gasteiger partial charge < -0.3 is 4.57 Å². The van der Waals surface area contributed by atoms with Crippen molar-refractivity contribution in [3.8, 4) is 0 Å². The molecule has 1 aliphatic rings. The maximum absolute atomic E-state index is 12.4. The van der Waals surface area contributed by atoms with Gasteiger partial charge in [-0.3, -0.25) is 14.5 Å². The van der Waals surface area contributed by atoms with Crippen LogP contribution < -0.4 is 0 Å². The molecule has 23 heavy (non-hydrogen) atoms. The second-order valence-electron chi connectivity index (χ2n) is 5.47. The molecule has 2 amide bonds. The number of carbonyl (C=O) groups excluding carboxylic acids is 2. The predicted octanol–water partition coefficient (Wildman–Crippen LogP) is 3.69. The smallest absolute Gasteiger partial charge is 0.293 e. The highest BCUT2D eigenvalue weighted by Gasteiger charge is 2.34. The summed E-state index contributed by atoms with van der Waals surface area (Å²) in [6.45, 7) is 0.462. The molecule has 0 spiro atoms.